The maximum Gasteiger partial charge on any atom is 0.254 e. The van der Waals surface area contributed by atoms with Gasteiger partial charge >= 0.3 is 0 Å². The minimum atomic E-state index is -0.649. The normalized spacial score (nSPS) is 17.7. The molecule has 2 atom stereocenters. The van der Waals surface area contributed by atoms with Gasteiger partial charge in [0.2, 0.25) is 0 Å². The molecule has 8 heteroatoms. The van der Waals surface area contributed by atoms with Gasteiger partial charge in [-0.05, 0) is 73.2 Å². The summed E-state index contributed by atoms with van der Waals surface area (Å²) in [7, 11) is 1.62. The van der Waals surface area contributed by atoms with Crippen LogP contribution in [0, 0.1) is 5.82 Å². The number of carbonyl (C=O) groups excluding carboxylic acids is 1. The number of hydrogen-bond acceptors (Lipinski definition) is 4. The third-order valence-corrected chi connectivity index (χ3v) is 6.51. The Balaban J connectivity index is 1.57. The molecule has 0 N–H and O–H groups in total. The topological polar surface area (TPSA) is 56.6 Å². The van der Waals surface area contributed by atoms with Crippen LogP contribution in [0.1, 0.15) is 24.3 Å². The highest BCUT2D eigenvalue weighted by molar-refractivity contribution is 9.10. The van der Waals surface area contributed by atoms with Crippen molar-refractivity contribution in [2.75, 3.05) is 7.11 Å². The number of ether oxygens (including phenoxy) is 2. The SMILES string of the molecule is COc1ccc(CN2C(=O)[C@@H](C)O[C@@H]2c2cn(-c3ccc(Br)cc3)nc2-c2ccc(F)cc2)cc1. The Morgan fingerprint density at radius 1 is 1.03 bits per heavy atom. The molecule has 178 valence electrons. The first-order valence-corrected chi connectivity index (χ1v) is 11.9. The Morgan fingerprint density at radius 3 is 2.37 bits per heavy atom. The molecule has 0 spiro atoms. The molecule has 1 aliphatic heterocycles. The van der Waals surface area contributed by atoms with Crippen molar-refractivity contribution in [3.63, 3.8) is 0 Å². The van der Waals surface area contributed by atoms with Gasteiger partial charge in [-0.1, -0.05) is 28.1 Å². The standard InChI is InChI=1S/C27H23BrFN3O3/c1-17-26(33)31(15-18-3-13-23(34-2)14-4-18)27(35-17)24-16-32(22-11-7-20(28)8-12-22)30-25(24)19-5-9-21(29)10-6-19/h3-14,16-17,27H,15H2,1-2H3/t17-,27-/m1/s1. The Labute approximate surface area is 211 Å². The number of rotatable bonds is 6. The van der Waals surface area contributed by atoms with Gasteiger partial charge in [-0.3, -0.25) is 4.79 Å². The average Bonchev–Trinajstić information content (AvgIpc) is 3.42. The number of carbonyl (C=O) groups is 1. The quantitative estimate of drug-likeness (QED) is 0.308. The Hall–Kier alpha value is -3.49. The molecule has 1 amide bonds. The van der Waals surface area contributed by atoms with Crippen LogP contribution in [0.25, 0.3) is 16.9 Å². The largest absolute Gasteiger partial charge is 0.497 e. The van der Waals surface area contributed by atoms with E-state index in [0.717, 1.165) is 32.6 Å². The van der Waals surface area contributed by atoms with Gasteiger partial charge in [-0.2, -0.15) is 5.10 Å². The van der Waals surface area contributed by atoms with Crippen molar-refractivity contribution in [1.82, 2.24) is 14.7 Å². The minimum absolute atomic E-state index is 0.104. The fourth-order valence-electron chi connectivity index (χ4n) is 4.13. The molecular weight excluding hydrogens is 513 g/mol. The zero-order valence-electron chi connectivity index (χ0n) is 19.2. The van der Waals surface area contributed by atoms with Crippen LogP contribution in [0.3, 0.4) is 0 Å². The monoisotopic (exact) mass is 535 g/mol. The number of methoxy groups -OCH3 is 1. The van der Waals surface area contributed by atoms with Gasteiger partial charge in [-0.15, -0.1) is 0 Å². The first kappa shape index (κ1) is 23.3. The van der Waals surface area contributed by atoms with Crippen LogP contribution < -0.4 is 4.74 Å². The predicted octanol–water partition coefficient (Wildman–Crippen LogP) is 5.90. The number of hydrogen-bond donors (Lipinski definition) is 0. The third kappa shape index (κ3) is 4.72. The second kappa shape index (κ2) is 9.64. The molecule has 1 aliphatic rings. The number of benzene rings is 3. The van der Waals surface area contributed by atoms with Gasteiger partial charge < -0.3 is 14.4 Å². The maximum atomic E-state index is 13.7. The molecule has 5 rings (SSSR count). The van der Waals surface area contributed by atoms with Crippen molar-refractivity contribution in [2.24, 2.45) is 0 Å². The zero-order valence-corrected chi connectivity index (χ0v) is 20.8. The van der Waals surface area contributed by atoms with Gasteiger partial charge in [-0.25, -0.2) is 9.07 Å². The lowest BCUT2D eigenvalue weighted by Gasteiger charge is -2.23. The third-order valence-electron chi connectivity index (χ3n) is 5.98. The Kier molecular flexibility index (Phi) is 6.40. The molecule has 1 aromatic heterocycles. The molecular formula is C27H23BrFN3O3. The van der Waals surface area contributed by atoms with Gasteiger partial charge in [0.15, 0.2) is 6.23 Å². The first-order chi connectivity index (χ1) is 16.9. The van der Waals surface area contributed by atoms with E-state index >= 15 is 0 Å². The molecule has 35 heavy (non-hydrogen) atoms. The van der Waals surface area contributed by atoms with Crippen molar-refractivity contribution in [3.05, 3.63) is 100 Å². The van der Waals surface area contributed by atoms with Crippen LogP contribution in [0.15, 0.2) is 83.5 Å². The first-order valence-electron chi connectivity index (χ1n) is 11.1. The molecule has 1 fully saturated rings. The molecule has 2 heterocycles. The lowest BCUT2D eigenvalue weighted by molar-refractivity contribution is -0.130. The van der Waals surface area contributed by atoms with E-state index in [4.69, 9.17) is 14.6 Å². The lowest BCUT2D eigenvalue weighted by atomic mass is 10.1. The van der Waals surface area contributed by atoms with Gasteiger partial charge in [0.25, 0.3) is 5.91 Å². The van der Waals surface area contributed by atoms with Gasteiger partial charge in [0.1, 0.15) is 23.4 Å². The highest BCUT2D eigenvalue weighted by Crippen LogP contribution is 2.38. The predicted molar refractivity (Wildman–Crippen MR) is 133 cm³/mol. The molecule has 6 nitrogen and oxygen atoms in total. The summed E-state index contributed by atoms with van der Waals surface area (Å²) in [5.74, 6) is 0.314. The molecule has 0 bridgehead atoms. The summed E-state index contributed by atoms with van der Waals surface area (Å²) in [6, 6.07) is 21.5. The van der Waals surface area contributed by atoms with E-state index in [9.17, 15) is 9.18 Å². The minimum Gasteiger partial charge on any atom is -0.497 e. The van der Waals surface area contributed by atoms with E-state index in [2.05, 4.69) is 15.9 Å². The van der Waals surface area contributed by atoms with Crippen molar-refractivity contribution >= 4 is 21.8 Å². The summed E-state index contributed by atoms with van der Waals surface area (Å²) in [4.78, 5) is 14.8. The van der Waals surface area contributed by atoms with E-state index in [1.54, 1.807) is 35.7 Å². The summed E-state index contributed by atoms with van der Waals surface area (Å²) < 4.78 is 27.8. The van der Waals surface area contributed by atoms with Gasteiger partial charge in [0.05, 0.1) is 12.8 Å². The Morgan fingerprint density at radius 2 is 1.71 bits per heavy atom. The Bertz CT molecular complexity index is 1340. The van der Waals surface area contributed by atoms with Crippen molar-refractivity contribution < 1.29 is 18.7 Å². The highest BCUT2D eigenvalue weighted by Gasteiger charge is 2.41. The molecule has 4 aromatic rings. The fourth-order valence-corrected chi connectivity index (χ4v) is 4.39. The van der Waals surface area contributed by atoms with Crippen LogP contribution in [0.2, 0.25) is 0 Å². The molecule has 1 saturated heterocycles. The smallest absolute Gasteiger partial charge is 0.254 e. The average molecular weight is 536 g/mol. The molecule has 0 saturated carbocycles. The lowest BCUT2D eigenvalue weighted by Crippen LogP contribution is -2.29. The van der Waals surface area contributed by atoms with Crippen LogP contribution in [0.4, 0.5) is 4.39 Å². The number of amides is 1. The molecule has 3 aromatic carbocycles. The van der Waals surface area contributed by atoms with Crippen LogP contribution >= 0.6 is 15.9 Å². The van der Waals surface area contributed by atoms with E-state index < -0.39 is 12.3 Å². The molecule has 0 radical (unpaired) electrons. The number of aromatic nitrogens is 2. The van der Waals surface area contributed by atoms with E-state index in [1.165, 1.54) is 12.1 Å². The molecule has 0 unspecified atom stereocenters. The van der Waals surface area contributed by atoms with Crippen molar-refractivity contribution in [1.29, 1.82) is 0 Å². The summed E-state index contributed by atoms with van der Waals surface area (Å²) in [5.41, 5.74) is 3.88. The maximum absolute atomic E-state index is 13.7. The van der Waals surface area contributed by atoms with Crippen molar-refractivity contribution in [3.8, 4) is 22.7 Å². The van der Waals surface area contributed by atoms with E-state index in [1.807, 2.05) is 54.7 Å². The van der Waals surface area contributed by atoms with Crippen LogP contribution in [-0.4, -0.2) is 33.8 Å². The zero-order chi connectivity index (χ0) is 24.5. The molecule has 0 aliphatic carbocycles. The summed E-state index contributed by atoms with van der Waals surface area (Å²) in [6.07, 6.45) is 0.623. The van der Waals surface area contributed by atoms with Crippen LogP contribution in [0.5, 0.6) is 5.75 Å². The van der Waals surface area contributed by atoms with Gasteiger partial charge in [0, 0.05) is 28.3 Å². The van der Waals surface area contributed by atoms with E-state index in [0.29, 0.717) is 12.2 Å². The second-order valence-corrected chi connectivity index (χ2v) is 9.22. The summed E-state index contributed by atoms with van der Waals surface area (Å²) in [5, 5.41) is 4.81. The summed E-state index contributed by atoms with van der Waals surface area (Å²) >= 11 is 3.46. The number of nitrogens with zero attached hydrogens (tertiary/aromatic N) is 3. The number of halogens is 2. The fraction of sp³-hybridized carbons (Fsp3) is 0.185. The van der Waals surface area contributed by atoms with Crippen molar-refractivity contribution in [2.45, 2.75) is 25.8 Å². The second-order valence-electron chi connectivity index (χ2n) is 8.31. The highest BCUT2D eigenvalue weighted by atomic mass is 79.9. The van der Waals surface area contributed by atoms with Crippen LogP contribution in [-0.2, 0) is 16.1 Å². The van der Waals surface area contributed by atoms with E-state index in [-0.39, 0.29) is 11.7 Å². The summed E-state index contributed by atoms with van der Waals surface area (Å²) in [6.45, 7) is 2.12.